The quantitative estimate of drug-likeness (QED) is 0.422. The molecule has 0 atom stereocenters. The zero-order valence-corrected chi connectivity index (χ0v) is 10.1. The molecular weight excluding hydrogens is 250 g/mol. The molecule has 0 spiro atoms. The van der Waals surface area contributed by atoms with Gasteiger partial charge in [-0.3, -0.25) is 4.79 Å². The largest absolute Gasteiger partial charge is 0.359 e. The highest BCUT2D eigenvalue weighted by molar-refractivity contribution is 8.00. The van der Waals surface area contributed by atoms with E-state index < -0.39 is 0 Å². The second kappa shape index (κ2) is 4.61. The first kappa shape index (κ1) is 11.0. The van der Waals surface area contributed by atoms with Crippen molar-refractivity contribution < 1.29 is 4.79 Å². The SMILES string of the molecule is O=C(CSc1ncnc2nc[nH]c12)c1ccc[nH]1. The monoisotopic (exact) mass is 259 g/mol. The maximum atomic E-state index is 11.8. The number of rotatable bonds is 4. The van der Waals surface area contributed by atoms with E-state index in [0.717, 1.165) is 10.5 Å². The number of ketones is 1. The molecule has 0 saturated carbocycles. The lowest BCUT2D eigenvalue weighted by Gasteiger charge is -2.00. The van der Waals surface area contributed by atoms with Crippen molar-refractivity contribution in [2.75, 3.05) is 5.75 Å². The van der Waals surface area contributed by atoms with Crippen LogP contribution in [0.3, 0.4) is 0 Å². The predicted octanol–water partition coefficient (Wildman–Crippen LogP) is 1.66. The van der Waals surface area contributed by atoms with E-state index >= 15 is 0 Å². The number of carbonyl (C=O) groups excluding carboxylic acids is 1. The summed E-state index contributed by atoms with van der Waals surface area (Å²) in [5, 5.41) is 0.734. The number of nitrogens with zero attached hydrogens (tertiary/aromatic N) is 3. The molecule has 0 bridgehead atoms. The van der Waals surface area contributed by atoms with Gasteiger partial charge in [-0.25, -0.2) is 15.0 Å². The lowest BCUT2D eigenvalue weighted by atomic mass is 10.3. The van der Waals surface area contributed by atoms with E-state index in [2.05, 4.69) is 24.9 Å². The molecule has 7 heteroatoms. The van der Waals surface area contributed by atoms with E-state index in [1.54, 1.807) is 24.7 Å². The van der Waals surface area contributed by atoms with E-state index in [0.29, 0.717) is 17.1 Å². The Morgan fingerprint density at radius 3 is 3.06 bits per heavy atom. The van der Waals surface area contributed by atoms with Crippen molar-refractivity contribution in [1.29, 1.82) is 0 Å². The molecule has 90 valence electrons. The molecule has 0 radical (unpaired) electrons. The minimum absolute atomic E-state index is 0.0382. The van der Waals surface area contributed by atoms with Crippen molar-refractivity contribution in [2.24, 2.45) is 0 Å². The first-order valence-electron chi connectivity index (χ1n) is 5.28. The number of hydrogen-bond acceptors (Lipinski definition) is 5. The highest BCUT2D eigenvalue weighted by Crippen LogP contribution is 2.22. The number of Topliss-reactive ketones (excluding diaryl/α,β-unsaturated/α-hetero) is 1. The summed E-state index contributed by atoms with van der Waals surface area (Å²) < 4.78 is 0. The molecule has 0 saturated heterocycles. The molecule has 0 unspecified atom stereocenters. The van der Waals surface area contributed by atoms with Crippen LogP contribution >= 0.6 is 11.8 Å². The van der Waals surface area contributed by atoms with Crippen molar-refractivity contribution in [3.05, 3.63) is 36.7 Å². The highest BCUT2D eigenvalue weighted by Gasteiger charge is 2.11. The summed E-state index contributed by atoms with van der Waals surface area (Å²) in [6.45, 7) is 0. The van der Waals surface area contributed by atoms with Crippen molar-refractivity contribution in [1.82, 2.24) is 24.9 Å². The number of fused-ring (bicyclic) bond motifs is 1. The first-order valence-corrected chi connectivity index (χ1v) is 6.26. The third kappa shape index (κ3) is 2.00. The lowest BCUT2D eigenvalue weighted by molar-refractivity contribution is 0.101. The van der Waals surface area contributed by atoms with Crippen LogP contribution < -0.4 is 0 Å². The van der Waals surface area contributed by atoms with Gasteiger partial charge in [0.05, 0.1) is 17.8 Å². The van der Waals surface area contributed by atoms with Crippen LogP contribution in [0.1, 0.15) is 10.5 Å². The molecule has 0 aliphatic carbocycles. The molecule has 0 amide bonds. The van der Waals surface area contributed by atoms with Crippen molar-refractivity contribution in [3.8, 4) is 0 Å². The molecule has 3 rings (SSSR count). The summed E-state index contributed by atoms with van der Waals surface area (Å²) in [4.78, 5) is 29.9. The number of carbonyl (C=O) groups is 1. The Hall–Kier alpha value is -2.15. The topological polar surface area (TPSA) is 87.3 Å². The maximum Gasteiger partial charge on any atom is 0.189 e. The summed E-state index contributed by atoms with van der Waals surface area (Å²) in [6.07, 6.45) is 4.75. The average Bonchev–Trinajstić information content (AvgIpc) is 3.05. The van der Waals surface area contributed by atoms with Gasteiger partial charge in [-0.15, -0.1) is 0 Å². The smallest absolute Gasteiger partial charge is 0.189 e. The second-order valence-electron chi connectivity index (χ2n) is 3.58. The molecule has 0 aliphatic rings. The molecule has 0 aromatic carbocycles. The van der Waals surface area contributed by atoms with Crippen LogP contribution in [-0.2, 0) is 0 Å². The molecule has 0 fully saturated rings. The fraction of sp³-hybridized carbons (Fsp3) is 0.0909. The number of H-pyrrole nitrogens is 2. The van der Waals surface area contributed by atoms with Crippen LogP contribution in [0.25, 0.3) is 11.2 Å². The number of imidazole rings is 1. The van der Waals surface area contributed by atoms with Gasteiger partial charge in [-0.2, -0.15) is 0 Å². The van der Waals surface area contributed by atoms with E-state index in [4.69, 9.17) is 0 Å². The van der Waals surface area contributed by atoms with Gasteiger partial charge in [0.15, 0.2) is 11.4 Å². The maximum absolute atomic E-state index is 11.8. The minimum atomic E-state index is 0.0382. The highest BCUT2D eigenvalue weighted by atomic mass is 32.2. The predicted molar refractivity (Wildman–Crippen MR) is 67.5 cm³/mol. The van der Waals surface area contributed by atoms with Crippen LogP contribution in [0.5, 0.6) is 0 Å². The van der Waals surface area contributed by atoms with Gasteiger partial charge in [0, 0.05) is 6.20 Å². The molecule has 3 aromatic rings. The molecule has 2 N–H and O–H groups in total. The van der Waals surface area contributed by atoms with E-state index in [1.807, 2.05) is 0 Å². The van der Waals surface area contributed by atoms with Crippen molar-refractivity contribution in [2.45, 2.75) is 5.03 Å². The van der Waals surface area contributed by atoms with E-state index in [1.165, 1.54) is 18.1 Å². The van der Waals surface area contributed by atoms with E-state index in [-0.39, 0.29) is 5.78 Å². The van der Waals surface area contributed by atoms with Gasteiger partial charge < -0.3 is 9.97 Å². The zero-order chi connectivity index (χ0) is 12.4. The van der Waals surface area contributed by atoms with Crippen LogP contribution in [0.2, 0.25) is 0 Å². The van der Waals surface area contributed by atoms with Gasteiger partial charge in [0.25, 0.3) is 0 Å². The Morgan fingerprint density at radius 2 is 2.22 bits per heavy atom. The minimum Gasteiger partial charge on any atom is -0.359 e. The molecule has 3 heterocycles. The Bertz CT molecular complexity index is 676. The fourth-order valence-electron chi connectivity index (χ4n) is 1.57. The van der Waals surface area contributed by atoms with Gasteiger partial charge in [-0.05, 0) is 12.1 Å². The molecular formula is C11H9N5OS. The summed E-state index contributed by atoms with van der Waals surface area (Å²) in [5.41, 5.74) is 1.99. The van der Waals surface area contributed by atoms with Gasteiger partial charge >= 0.3 is 0 Å². The van der Waals surface area contributed by atoms with Gasteiger partial charge in [-0.1, -0.05) is 11.8 Å². The Kier molecular flexibility index (Phi) is 2.81. The van der Waals surface area contributed by atoms with Crippen molar-refractivity contribution >= 4 is 28.7 Å². The summed E-state index contributed by atoms with van der Waals surface area (Å²) >= 11 is 1.37. The molecule has 0 aliphatic heterocycles. The standard InChI is InChI=1S/C11H9N5OS/c17-8(7-2-1-3-12-7)4-18-11-9-10(14-5-13-9)15-6-16-11/h1-3,5-6,12H,4H2,(H,13,14,15,16). The third-order valence-corrected chi connectivity index (χ3v) is 3.42. The van der Waals surface area contributed by atoms with Crippen LogP contribution in [0, 0.1) is 0 Å². The van der Waals surface area contributed by atoms with Gasteiger partial charge in [0.1, 0.15) is 16.9 Å². The van der Waals surface area contributed by atoms with E-state index in [9.17, 15) is 4.79 Å². The molecule has 18 heavy (non-hydrogen) atoms. The van der Waals surface area contributed by atoms with Crippen LogP contribution in [0.15, 0.2) is 36.0 Å². The average molecular weight is 259 g/mol. The number of hydrogen-bond donors (Lipinski definition) is 2. The summed E-state index contributed by atoms with van der Waals surface area (Å²) in [7, 11) is 0. The second-order valence-corrected chi connectivity index (χ2v) is 4.54. The Morgan fingerprint density at radius 1 is 1.28 bits per heavy atom. The Labute approximate surface area is 106 Å². The molecule has 3 aromatic heterocycles. The number of aromatic amines is 2. The lowest BCUT2D eigenvalue weighted by Crippen LogP contribution is -2.03. The van der Waals surface area contributed by atoms with Gasteiger partial charge in [0.2, 0.25) is 0 Å². The Balaban J connectivity index is 1.77. The zero-order valence-electron chi connectivity index (χ0n) is 9.25. The van der Waals surface area contributed by atoms with Crippen molar-refractivity contribution in [3.63, 3.8) is 0 Å². The fourth-order valence-corrected chi connectivity index (χ4v) is 2.41. The first-order chi connectivity index (χ1) is 8.84. The number of nitrogens with one attached hydrogen (secondary N) is 2. The van der Waals surface area contributed by atoms with Crippen LogP contribution in [-0.4, -0.2) is 36.5 Å². The summed E-state index contributed by atoms with van der Waals surface area (Å²) in [5.74, 6) is 0.363. The summed E-state index contributed by atoms with van der Waals surface area (Å²) in [6, 6.07) is 3.56. The number of thioether (sulfide) groups is 1. The number of aromatic nitrogens is 5. The normalized spacial score (nSPS) is 10.9. The molecule has 6 nitrogen and oxygen atoms in total. The third-order valence-electron chi connectivity index (χ3n) is 2.43. The van der Waals surface area contributed by atoms with Crippen LogP contribution in [0.4, 0.5) is 0 Å².